The zero-order valence-electron chi connectivity index (χ0n) is 15.1. The standard InChI is InChI=1S/C18H32N4S/c1-14(2)11-16-8-10-22(12-16)18(19-4)20-9-6-5-7-17-21-15(3)13-23-17/h13-14,16H,5-12H2,1-4H3,(H,19,20). The summed E-state index contributed by atoms with van der Waals surface area (Å²) in [5.74, 6) is 2.72. The fraction of sp³-hybridized carbons (Fsp3) is 0.778. The van der Waals surface area contributed by atoms with Crippen molar-refractivity contribution in [2.45, 2.75) is 52.9 Å². The van der Waals surface area contributed by atoms with Crippen LogP contribution in [0.4, 0.5) is 0 Å². The van der Waals surface area contributed by atoms with Gasteiger partial charge >= 0.3 is 0 Å². The molecular formula is C18H32N4S. The molecule has 0 spiro atoms. The van der Waals surface area contributed by atoms with Gasteiger partial charge in [0.25, 0.3) is 0 Å². The van der Waals surface area contributed by atoms with E-state index in [9.17, 15) is 0 Å². The number of unbranched alkanes of at least 4 members (excludes halogenated alkanes) is 1. The van der Waals surface area contributed by atoms with Crippen molar-refractivity contribution in [1.82, 2.24) is 15.2 Å². The van der Waals surface area contributed by atoms with E-state index in [0.717, 1.165) is 49.5 Å². The van der Waals surface area contributed by atoms with E-state index in [4.69, 9.17) is 0 Å². The van der Waals surface area contributed by atoms with Gasteiger partial charge in [-0.05, 0) is 50.9 Å². The molecule has 1 aliphatic rings. The Bertz CT molecular complexity index is 495. The van der Waals surface area contributed by atoms with Crippen LogP contribution in [0.15, 0.2) is 10.4 Å². The summed E-state index contributed by atoms with van der Waals surface area (Å²) in [4.78, 5) is 11.4. The lowest BCUT2D eigenvalue weighted by molar-refractivity contribution is 0.403. The van der Waals surface area contributed by atoms with E-state index < -0.39 is 0 Å². The molecule has 0 bridgehead atoms. The number of nitrogens with zero attached hydrogens (tertiary/aromatic N) is 3. The number of likely N-dealkylation sites (tertiary alicyclic amines) is 1. The maximum Gasteiger partial charge on any atom is 0.193 e. The third-order valence-electron chi connectivity index (χ3n) is 4.37. The SMILES string of the molecule is CN=C(NCCCCc1nc(C)cs1)N1CCC(CC(C)C)C1. The highest BCUT2D eigenvalue weighted by Gasteiger charge is 2.25. The smallest absolute Gasteiger partial charge is 0.193 e. The second-order valence-electron chi connectivity index (χ2n) is 7.04. The molecule has 1 aromatic rings. The van der Waals surface area contributed by atoms with Crippen LogP contribution < -0.4 is 5.32 Å². The highest BCUT2D eigenvalue weighted by Crippen LogP contribution is 2.23. The van der Waals surface area contributed by atoms with Crippen molar-refractivity contribution in [3.05, 3.63) is 16.1 Å². The third-order valence-corrected chi connectivity index (χ3v) is 5.40. The van der Waals surface area contributed by atoms with Crippen LogP contribution in [-0.2, 0) is 6.42 Å². The normalized spacial score (nSPS) is 18.9. The molecule has 1 atom stereocenters. The average molecular weight is 337 g/mol. The number of hydrogen-bond donors (Lipinski definition) is 1. The third kappa shape index (κ3) is 6.13. The Balaban J connectivity index is 1.63. The molecule has 23 heavy (non-hydrogen) atoms. The first kappa shape index (κ1) is 18.2. The van der Waals surface area contributed by atoms with Crippen molar-refractivity contribution in [1.29, 1.82) is 0 Å². The van der Waals surface area contributed by atoms with Gasteiger partial charge in [-0.2, -0.15) is 0 Å². The Morgan fingerprint density at radius 1 is 1.48 bits per heavy atom. The molecule has 1 aliphatic heterocycles. The molecule has 4 nitrogen and oxygen atoms in total. The van der Waals surface area contributed by atoms with Crippen LogP contribution in [0.25, 0.3) is 0 Å². The van der Waals surface area contributed by atoms with Gasteiger partial charge in [-0.3, -0.25) is 4.99 Å². The van der Waals surface area contributed by atoms with Crippen molar-refractivity contribution < 1.29 is 0 Å². The zero-order valence-corrected chi connectivity index (χ0v) is 16.0. The van der Waals surface area contributed by atoms with Gasteiger partial charge < -0.3 is 10.2 Å². The fourth-order valence-corrected chi connectivity index (χ4v) is 4.15. The van der Waals surface area contributed by atoms with Crippen LogP contribution in [-0.4, -0.2) is 42.5 Å². The van der Waals surface area contributed by atoms with Crippen LogP contribution in [0.3, 0.4) is 0 Å². The topological polar surface area (TPSA) is 40.5 Å². The molecule has 1 aromatic heterocycles. The summed E-state index contributed by atoms with van der Waals surface area (Å²) >= 11 is 1.78. The number of aryl methyl sites for hydroxylation is 2. The Labute approximate surface area is 145 Å². The van der Waals surface area contributed by atoms with Crippen molar-refractivity contribution in [3.63, 3.8) is 0 Å². The average Bonchev–Trinajstić information content (AvgIpc) is 3.11. The summed E-state index contributed by atoms with van der Waals surface area (Å²) in [6.45, 7) is 10.0. The lowest BCUT2D eigenvalue weighted by Gasteiger charge is -2.22. The molecular weight excluding hydrogens is 304 g/mol. The molecule has 1 saturated heterocycles. The second-order valence-corrected chi connectivity index (χ2v) is 7.99. The predicted octanol–water partition coefficient (Wildman–Crippen LogP) is 3.72. The number of aliphatic imine (C=N–C) groups is 1. The van der Waals surface area contributed by atoms with Crippen LogP contribution in [0.1, 0.15) is 50.2 Å². The summed E-state index contributed by atoms with van der Waals surface area (Å²) in [5, 5.41) is 6.94. The first-order valence-electron chi connectivity index (χ1n) is 8.95. The maximum atomic E-state index is 4.52. The van der Waals surface area contributed by atoms with E-state index in [0.29, 0.717) is 0 Å². The van der Waals surface area contributed by atoms with E-state index in [1.807, 2.05) is 7.05 Å². The number of thiazole rings is 1. The summed E-state index contributed by atoms with van der Waals surface area (Å²) in [6, 6.07) is 0. The van der Waals surface area contributed by atoms with E-state index in [2.05, 4.69) is 46.3 Å². The molecule has 0 amide bonds. The summed E-state index contributed by atoms with van der Waals surface area (Å²) in [5.41, 5.74) is 1.15. The van der Waals surface area contributed by atoms with Gasteiger partial charge in [0.2, 0.25) is 0 Å². The van der Waals surface area contributed by atoms with Gasteiger partial charge in [-0.1, -0.05) is 13.8 Å². The number of aromatic nitrogens is 1. The molecule has 5 heteroatoms. The number of guanidine groups is 1. The molecule has 2 rings (SSSR count). The van der Waals surface area contributed by atoms with Gasteiger partial charge in [0, 0.05) is 37.8 Å². The largest absolute Gasteiger partial charge is 0.356 e. The van der Waals surface area contributed by atoms with Gasteiger partial charge in [0.05, 0.1) is 5.01 Å². The van der Waals surface area contributed by atoms with Gasteiger partial charge in [-0.15, -0.1) is 11.3 Å². The molecule has 2 heterocycles. The first-order chi connectivity index (χ1) is 11.1. The zero-order chi connectivity index (χ0) is 16.7. The van der Waals surface area contributed by atoms with Gasteiger partial charge in [-0.25, -0.2) is 4.98 Å². The minimum atomic E-state index is 0.796. The Hall–Kier alpha value is -1.10. The van der Waals surface area contributed by atoms with Crippen molar-refractivity contribution in [2.24, 2.45) is 16.8 Å². The molecule has 0 saturated carbocycles. The molecule has 1 fully saturated rings. The summed E-state index contributed by atoms with van der Waals surface area (Å²) in [7, 11) is 1.90. The Kier molecular flexibility index (Phi) is 7.34. The highest BCUT2D eigenvalue weighted by atomic mass is 32.1. The number of nitrogens with one attached hydrogen (secondary N) is 1. The highest BCUT2D eigenvalue weighted by molar-refractivity contribution is 7.09. The Morgan fingerprint density at radius 2 is 2.30 bits per heavy atom. The van der Waals surface area contributed by atoms with Crippen LogP contribution in [0, 0.1) is 18.8 Å². The molecule has 130 valence electrons. The molecule has 0 aromatic carbocycles. The van der Waals surface area contributed by atoms with E-state index in [-0.39, 0.29) is 0 Å². The van der Waals surface area contributed by atoms with Crippen LogP contribution in [0.5, 0.6) is 0 Å². The Morgan fingerprint density at radius 3 is 2.96 bits per heavy atom. The lowest BCUT2D eigenvalue weighted by Crippen LogP contribution is -2.40. The quantitative estimate of drug-likeness (QED) is 0.469. The van der Waals surface area contributed by atoms with Gasteiger partial charge in [0.1, 0.15) is 0 Å². The van der Waals surface area contributed by atoms with E-state index >= 15 is 0 Å². The van der Waals surface area contributed by atoms with Crippen molar-refractivity contribution >= 4 is 17.3 Å². The van der Waals surface area contributed by atoms with Crippen molar-refractivity contribution in [3.8, 4) is 0 Å². The lowest BCUT2D eigenvalue weighted by atomic mass is 9.97. The van der Waals surface area contributed by atoms with Crippen LogP contribution >= 0.6 is 11.3 Å². The minimum Gasteiger partial charge on any atom is -0.356 e. The van der Waals surface area contributed by atoms with E-state index in [1.165, 1.54) is 30.7 Å². The van der Waals surface area contributed by atoms with Crippen LogP contribution in [0.2, 0.25) is 0 Å². The van der Waals surface area contributed by atoms with Crippen molar-refractivity contribution in [2.75, 3.05) is 26.7 Å². The summed E-state index contributed by atoms with van der Waals surface area (Å²) < 4.78 is 0. The molecule has 1 N–H and O–H groups in total. The molecule has 1 unspecified atom stereocenters. The number of rotatable bonds is 7. The predicted molar refractivity (Wildman–Crippen MR) is 100 cm³/mol. The first-order valence-corrected chi connectivity index (χ1v) is 9.83. The maximum absolute atomic E-state index is 4.52. The minimum absolute atomic E-state index is 0.796. The van der Waals surface area contributed by atoms with Gasteiger partial charge in [0.15, 0.2) is 5.96 Å². The number of hydrogen-bond acceptors (Lipinski definition) is 3. The fourth-order valence-electron chi connectivity index (χ4n) is 3.34. The second kappa shape index (κ2) is 9.26. The summed E-state index contributed by atoms with van der Waals surface area (Å²) in [6.07, 6.45) is 6.09. The molecule has 0 aliphatic carbocycles. The monoisotopic (exact) mass is 336 g/mol. The molecule has 0 radical (unpaired) electrons. The van der Waals surface area contributed by atoms with E-state index in [1.54, 1.807) is 11.3 Å².